The molecule has 25 heavy (non-hydrogen) atoms. The lowest BCUT2D eigenvalue weighted by Gasteiger charge is -2.40. The monoisotopic (exact) mass is 366 g/mol. The number of nitrogens with zero attached hydrogens (tertiary/aromatic N) is 2. The van der Waals surface area contributed by atoms with Crippen molar-refractivity contribution in [1.82, 2.24) is 15.5 Å². The van der Waals surface area contributed by atoms with Crippen molar-refractivity contribution >= 4 is 12.1 Å². The van der Waals surface area contributed by atoms with Crippen molar-refractivity contribution in [2.45, 2.75) is 64.8 Å². The maximum Gasteiger partial charge on any atom is 0.410 e. The number of guanidine groups is 1. The lowest BCUT2D eigenvalue weighted by atomic mass is 10.1. The summed E-state index contributed by atoms with van der Waals surface area (Å²) < 4.78 is 41.6. The van der Waals surface area contributed by atoms with Gasteiger partial charge in [0.2, 0.25) is 0 Å². The Morgan fingerprint density at radius 3 is 2.40 bits per heavy atom. The molecule has 0 unspecified atom stereocenters. The number of carbonyl (C=O) groups excluding carboxylic acids is 1. The molecule has 1 rings (SSSR count). The summed E-state index contributed by atoms with van der Waals surface area (Å²) >= 11 is 0. The van der Waals surface area contributed by atoms with Crippen molar-refractivity contribution in [2.75, 3.05) is 26.2 Å². The van der Waals surface area contributed by atoms with E-state index in [2.05, 4.69) is 15.6 Å². The Morgan fingerprint density at radius 2 is 1.88 bits per heavy atom. The first-order valence-corrected chi connectivity index (χ1v) is 8.59. The number of ether oxygens (including phenoxy) is 1. The van der Waals surface area contributed by atoms with Crippen LogP contribution in [0, 0.1) is 0 Å². The second-order valence-corrected chi connectivity index (χ2v) is 7.06. The summed E-state index contributed by atoms with van der Waals surface area (Å²) in [5.41, 5.74) is -0.525. The van der Waals surface area contributed by atoms with E-state index in [4.69, 9.17) is 4.74 Å². The van der Waals surface area contributed by atoms with Crippen molar-refractivity contribution in [3.63, 3.8) is 0 Å². The van der Waals surface area contributed by atoms with Gasteiger partial charge in [0.15, 0.2) is 5.96 Å². The summed E-state index contributed by atoms with van der Waals surface area (Å²) in [7, 11) is 0. The Bertz CT molecular complexity index is 455. The van der Waals surface area contributed by atoms with Crippen LogP contribution >= 0.6 is 0 Å². The molecule has 1 amide bonds. The lowest BCUT2D eigenvalue weighted by molar-refractivity contribution is -0.135. The number of nitrogens with one attached hydrogen (secondary N) is 2. The fourth-order valence-electron chi connectivity index (χ4n) is 2.19. The Morgan fingerprint density at radius 1 is 1.24 bits per heavy atom. The largest absolute Gasteiger partial charge is 0.444 e. The highest BCUT2D eigenvalue weighted by molar-refractivity contribution is 5.80. The van der Waals surface area contributed by atoms with Gasteiger partial charge in [-0.25, -0.2) is 4.79 Å². The minimum absolute atomic E-state index is 0.0560. The number of carbonyl (C=O) groups is 1. The zero-order valence-electron chi connectivity index (χ0n) is 15.4. The predicted molar refractivity (Wildman–Crippen MR) is 90.6 cm³/mol. The maximum atomic E-state index is 12.1. The number of halogens is 3. The molecule has 9 heteroatoms. The third-order valence-corrected chi connectivity index (χ3v) is 3.36. The fraction of sp³-hybridized carbons (Fsp3) is 0.875. The molecule has 1 fully saturated rings. The molecule has 6 nitrogen and oxygen atoms in total. The summed E-state index contributed by atoms with van der Waals surface area (Å²) in [5.74, 6) is 0.559. The highest BCUT2D eigenvalue weighted by Crippen LogP contribution is 2.22. The van der Waals surface area contributed by atoms with Crippen molar-refractivity contribution in [2.24, 2.45) is 4.99 Å². The molecular formula is C16H29F3N4O2. The third kappa shape index (κ3) is 9.40. The number of amides is 1. The summed E-state index contributed by atoms with van der Waals surface area (Å²) in [6.45, 7) is 9.35. The molecule has 1 aliphatic rings. The van der Waals surface area contributed by atoms with Crippen molar-refractivity contribution in [3.05, 3.63) is 0 Å². The molecule has 0 saturated carbocycles. The molecule has 0 spiro atoms. The highest BCUT2D eigenvalue weighted by Gasteiger charge is 2.34. The molecule has 1 saturated heterocycles. The number of aliphatic imine (C=N–C) groups is 1. The van der Waals surface area contributed by atoms with Crippen molar-refractivity contribution in [3.8, 4) is 0 Å². The van der Waals surface area contributed by atoms with Crippen LogP contribution in [-0.2, 0) is 4.74 Å². The van der Waals surface area contributed by atoms with Crippen LogP contribution < -0.4 is 10.6 Å². The molecule has 0 aromatic carbocycles. The van der Waals surface area contributed by atoms with E-state index in [9.17, 15) is 18.0 Å². The molecule has 0 atom stereocenters. The van der Waals surface area contributed by atoms with Gasteiger partial charge in [-0.05, 0) is 40.5 Å². The van der Waals surface area contributed by atoms with Crippen LogP contribution in [-0.4, -0.2) is 61.0 Å². The Hall–Kier alpha value is -1.67. The van der Waals surface area contributed by atoms with Crippen LogP contribution in [0.2, 0.25) is 0 Å². The number of alkyl halides is 3. The van der Waals surface area contributed by atoms with Gasteiger partial charge in [-0.3, -0.25) is 4.99 Å². The second kappa shape index (κ2) is 9.15. The van der Waals surface area contributed by atoms with Crippen LogP contribution in [0.1, 0.15) is 47.0 Å². The number of hydrogen-bond acceptors (Lipinski definition) is 3. The fourth-order valence-corrected chi connectivity index (χ4v) is 2.19. The standard InChI is InChI=1S/C16H29F3N4O2/c1-5-20-13(21-9-7-6-8-16(17,18)19)22-12-10-23(11-12)14(24)25-15(2,3)4/h12H,5-11H2,1-4H3,(H2,20,21,22). The van der Waals surface area contributed by atoms with E-state index in [-0.39, 0.29) is 18.6 Å². The van der Waals surface area contributed by atoms with Gasteiger partial charge in [0.05, 0.1) is 6.04 Å². The van der Waals surface area contributed by atoms with Gasteiger partial charge in [0.1, 0.15) is 5.60 Å². The van der Waals surface area contributed by atoms with Gasteiger partial charge in [0.25, 0.3) is 0 Å². The van der Waals surface area contributed by atoms with Crippen molar-refractivity contribution < 1.29 is 22.7 Å². The first-order valence-electron chi connectivity index (χ1n) is 8.59. The SMILES string of the molecule is CCNC(=NCCCCC(F)(F)F)NC1CN(C(=O)OC(C)(C)C)C1. The Labute approximate surface area is 147 Å². The molecule has 0 aromatic rings. The summed E-state index contributed by atoms with van der Waals surface area (Å²) in [6.07, 6.45) is -4.78. The number of likely N-dealkylation sites (tertiary alicyclic amines) is 1. The van der Waals surface area contributed by atoms with Gasteiger partial charge >= 0.3 is 12.3 Å². The normalized spacial score (nSPS) is 16.4. The molecule has 146 valence electrons. The van der Waals surface area contributed by atoms with E-state index < -0.39 is 18.2 Å². The first kappa shape index (κ1) is 21.4. The topological polar surface area (TPSA) is 66.0 Å². The molecule has 1 heterocycles. The minimum atomic E-state index is -4.11. The molecule has 0 radical (unpaired) electrons. The molecule has 0 aliphatic carbocycles. The third-order valence-electron chi connectivity index (χ3n) is 3.36. The number of rotatable bonds is 6. The average molecular weight is 366 g/mol. The quantitative estimate of drug-likeness (QED) is 0.431. The van der Waals surface area contributed by atoms with Crippen LogP contribution in [0.3, 0.4) is 0 Å². The Kier molecular flexibility index (Phi) is 7.82. The van der Waals surface area contributed by atoms with Gasteiger partial charge in [0, 0.05) is 32.6 Å². The summed E-state index contributed by atoms with van der Waals surface area (Å²) in [5, 5.41) is 6.23. The highest BCUT2D eigenvalue weighted by atomic mass is 19.4. The molecule has 1 aliphatic heterocycles. The predicted octanol–water partition coefficient (Wildman–Crippen LogP) is 2.89. The van der Waals surface area contributed by atoms with Gasteiger partial charge < -0.3 is 20.3 Å². The van der Waals surface area contributed by atoms with Crippen LogP contribution in [0.25, 0.3) is 0 Å². The lowest BCUT2D eigenvalue weighted by Crippen LogP contribution is -2.63. The molecular weight excluding hydrogens is 337 g/mol. The van der Waals surface area contributed by atoms with E-state index >= 15 is 0 Å². The Balaban J connectivity index is 2.32. The van der Waals surface area contributed by atoms with Crippen LogP contribution in [0.5, 0.6) is 0 Å². The van der Waals surface area contributed by atoms with Crippen LogP contribution in [0.15, 0.2) is 4.99 Å². The minimum Gasteiger partial charge on any atom is -0.444 e. The molecule has 2 N–H and O–H groups in total. The zero-order chi connectivity index (χ0) is 19.1. The van der Waals surface area contributed by atoms with E-state index in [0.717, 1.165) is 0 Å². The van der Waals surface area contributed by atoms with Gasteiger partial charge in [-0.15, -0.1) is 0 Å². The summed E-state index contributed by atoms with van der Waals surface area (Å²) in [6, 6.07) is 0.0560. The second-order valence-electron chi connectivity index (χ2n) is 7.06. The van der Waals surface area contributed by atoms with Crippen LogP contribution in [0.4, 0.5) is 18.0 Å². The van der Waals surface area contributed by atoms with Crippen molar-refractivity contribution in [1.29, 1.82) is 0 Å². The van der Waals surface area contributed by atoms with E-state index in [1.807, 2.05) is 27.7 Å². The first-order chi connectivity index (χ1) is 11.5. The smallest absolute Gasteiger partial charge is 0.410 e. The van der Waals surface area contributed by atoms with E-state index in [1.165, 1.54) is 0 Å². The van der Waals surface area contributed by atoms with Gasteiger partial charge in [-0.1, -0.05) is 0 Å². The molecule has 0 aromatic heterocycles. The van der Waals surface area contributed by atoms with E-state index in [1.54, 1.807) is 4.90 Å². The average Bonchev–Trinajstić information content (AvgIpc) is 2.38. The zero-order valence-corrected chi connectivity index (χ0v) is 15.4. The van der Waals surface area contributed by atoms with Gasteiger partial charge in [-0.2, -0.15) is 13.2 Å². The van der Waals surface area contributed by atoms with E-state index in [0.29, 0.717) is 38.6 Å². The maximum absolute atomic E-state index is 12.1. The molecule has 0 bridgehead atoms. The number of hydrogen-bond donors (Lipinski definition) is 2. The summed E-state index contributed by atoms with van der Waals surface area (Å²) in [4.78, 5) is 17.7. The number of unbranched alkanes of at least 4 members (excludes halogenated alkanes) is 1.